The molecule has 0 fully saturated rings. The van der Waals surface area contributed by atoms with Gasteiger partial charge in [-0.3, -0.25) is 9.36 Å². The van der Waals surface area contributed by atoms with E-state index in [1.807, 2.05) is 47.8 Å². The van der Waals surface area contributed by atoms with Gasteiger partial charge in [0.15, 0.2) is 5.58 Å². The number of nitrogens with zero attached hydrogens (tertiary/aromatic N) is 1. The van der Waals surface area contributed by atoms with Gasteiger partial charge >= 0.3 is 5.76 Å². The summed E-state index contributed by atoms with van der Waals surface area (Å²) in [5.41, 5.74) is 2.05. The number of benzene rings is 2. The summed E-state index contributed by atoms with van der Waals surface area (Å²) >= 11 is 7.53. The van der Waals surface area contributed by atoms with E-state index in [9.17, 15) is 9.59 Å². The van der Waals surface area contributed by atoms with Gasteiger partial charge in [0.2, 0.25) is 5.91 Å². The van der Waals surface area contributed by atoms with E-state index in [1.54, 1.807) is 29.5 Å². The number of nitrogens with one attached hydrogen (secondary N) is 1. The van der Waals surface area contributed by atoms with Crippen molar-refractivity contribution < 1.29 is 9.21 Å². The van der Waals surface area contributed by atoms with Crippen LogP contribution < -0.4 is 11.1 Å². The first kappa shape index (κ1) is 18.5. The van der Waals surface area contributed by atoms with Crippen molar-refractivity contribution in [2.75, 3.05) is 0 Å². The summed E-state index contributed by atoms with van der Waals surface area (Å²) in [5.74, 6) is -0.639. The first-order valence-electron chi connectivity index (χ1n) is 8.78. The third kappa shape index (κ3) is 3.88. The summed E-state index contributed by atoms with van der Waals surface area (Å²) in [4.78, 5) is 25.8. The summed E-state index contributed by atoms with van der Waals surface area (Å²) in [5, 5.41) is 5.56. The fraction of sp³-hybridized carbons (Fsp3) is 0.143. The molecule has 5 nitrogen and oxygen atoms in total. The van der Waals surface area contributed by atoms with E-state index in [0.717, 1.165) is 10.4 Å². The number of fused-ring (bicyclic) bond motifs is 1. The summed E-state index contributed by atoms with van der Waals surface area (Å²) in [6.45, 7) is 0.227. The zero-order chi connectivity index (χ0) is 19.5. The van der Waals surface area contributed by atoms with Crippen LogP contribution in [0.4, 0.5) is 0 Å². The maximum Gasteiger partial charge on any atom is 0.419 e. The van der Waals surface area contributed by atoms with Crippen molar-refractivity contribution in [3.63, 3.8) is 0 Å². The number of carbonyl (C=O) groups excluding carboxylic acids is 1. The molecule has 7 heteroatoms. The molecule has 0 aliphatic rings. The van der Waals surface area contributed by atoms with Crippen LogP contribution in [0, 0.1) is 0 Å². The molecular formula is C21H17ClN2O3S. The number of hydrogen-bond acceptors (Lipinski definition) is 4. The van der Waals surface area contributed by atoms with E-state index in [0.29, 0.717) is 16.1 Å². The second-order valence-electron chi connectivity index (χ2n) is 6.31. The Morgan fingerprint density at radius 1 is 1.14 bits per heavy atom. The minimum absolute atomic E-state index is 0.141. The van der Waals surface area contributed by atoms with Crippen molar-refractivity contribution in [3.05, 3.63) is 92.1 Å². The van der Waals surface area contributed by atoms with Crippen LogP contribution in [0.25, 0.3) is 11.1 Å². The molecule has 142 valence electrons. The molecule has 2 aromatic heterocycles. The van der Waals surface area contributed by atoms with Gasteiger partial charge in [0.25, 0.3) is 0 Å². The second-order valence-corrected chi connectivity index (χ2v) is 7.72. The molecule has 0 spiro atoms. The molecule has 0 saturated carbocycles. The normalized spacial score (nSPS) is 12.2. The van der Waals surface area contributed by atoms with Gasteiger partial charge < -0.3 is 9.73 Å². The first-order valence-corrected chi connectivity index (χ1v) is 10.0. The molecule has 1 atom stereocenters. The molecule has 1 unspecified atom stereocenters. The predicted molar refractivity (Wildman–Crippen MR) is 111 cm³/mol. The highest BCUT2D eigenvalue weighted by molar-refractivity contribution is 7.10. The number of aromatic nitrogens is 1. The van der Waals surface area contributed by atoms with Gasteiger partial charge in [0.05, 0.1) is 11.6 Å². The van der Waals surface area contributed by atoms with Crippen molar-refractivity contribution in [2.45, 2.75) is 19.0 Å². The number of hydrogen-bond donors (Lipinski definition) is 1. The van der Waals surface area contributed by atoms with Gasteiger partial charge in [-0.15, -0.1) is 11.3 Å². The SMILES string of the molecule is O=C(CCn1c(=O)oc2cc(Cl)ccc21)NC(c1ccccc1)c1cccs1. The van der Waals surface area contributed by atoms with E-state index in [4.69, 9.17) is 16.0 Å². The number of rotatable bonds is 6. The molecule has 1 N–H and O–H groups in total. The molecule has 2 heterocycles. The van der Waals surface area contributed by atoms with Crippen molar-refractivity contribution in [1.82, 2.24) is 9.88 Å². The molecular weight excluding hydrogens is 396 g/mol. The number of oxazole rings is 1. The van der Waals surface area contributed by atoms with Crippen LogP contribution in [0.3, 0.4) is 0 Å². The highest BCUT2D eigenvalue weighted by Crippen LogP contribution is 2.26. The summed E-state index contributed by atoms with van der Waals surface area (Å²) in [6.07, 6.45) is 0.159. The lowest BCUT2D eigenvalue weighted by molar-refractivity contribution is -0.121. The van der Waals surface area contributed by atoms with Gasteiger partial charge in [-0.05, 0) is 29.1 Å². The maximum atomic E-state index is 12.6. The average molecular weight is 413 g/mol. The Kier molecular flexibility index (Phi) is 5.32. The molecule has 0 aliphatic carbocycles. The van der Waals surface area contributed by atoms with Crippen LogP contribution >= 0.6 is 22.9 Å². The van der Waals surface area contributed by atoms with Crippen molar-refractivity contribution in [3.8, 4) is 0 Å². The van der Waals surface area contributed by atoms with Crippen molar-refractivity contribution in [1.29, 1.82) is 0 Å². The summed E-state index contributed by atoms with van der Waals surface area (Å²) in [6, 6.07) is 18.6. The number of thiophene rings is 1. The fourth-order valence-electron chi connectivity index (χ4n) is 3.12. The average Bonchev–Trinajstić information content (AvgIpc) is 3.32. The molecule has 0 aliphatic heterocycles. The summed E-state index contributed by atoms with van der Waals surface area (Å²) < 4.78 is 6.67. The topological polar surface area (TPSA) is 64.2 Å². The maximum absolute atomic E-state index is 12.6. The standard InChI is InChI=1S/C21H17ClN2O3S/c22-15-8-9-16-17(13-15)27-21(26)24(16)11-10-19(25)23-20(18-7-4-12-28-18)14-5-2-1-3-6-14/h1-9,12-13,20H,10-11H2,(H,23,25). The van der Waals surface area contributed by atoms with E-state index in [2.05, 4.69) is 5.32 Å². The Morgan fingerprint density at radius 3 is 2.71 bits per heavy atom. The highest BCUT2D eigenvalue weighted by atomic mass is 35.5. The van der Waals surface area contributed by atoms with Gasteiger partial charge in [0.1, 0.15) is 0 Å². The van der Waals surface area contributed by atoms with Gasteiger partial charge in [0, 0.05) is 28.9 Å². The number of amides is 1. The van der Waals surface area contributed by atoms with Crippen LogP contribution in [0.5, 0.6) is 0 Å². The van der Waals surface area contributed by atoms with E-state index in [1.165, 1.54) is 4.57 Å². The molecule has 0 saturated heterocycles. The largest absolute Gasteiger partial charge is 0.419 e. The molecule has 28 heavy (non-hydrogen) atoms. The van der Waals surface area contributed by atoms with Crippen LogP contribution in [-0.2, 0) is 11.3 Å². The Bertz CT molecular complexity index is 1150. The fourth-order valence-corrected chi connectivity index (χ4v) is 4.08. The third-order valence-electron chi connectivity index (χ3n) is 4.46. The van der Waals surface area contributed by atoms with Crippen molar-refractivity contribution >= 4 is 39.9 Å². The third-order valence-corrected chi connectivity index (χ3v) is 5.63. The zero-order valence-electron chi connectivity index (χ0n) is 14.8. The minimum atomic E-state index is -0.497. The molecule has 0 radical (unpaired) electrons. The molecule has 0 bridgehead atoms. The van der Waals surface area contributed by atoms with E-state index < -0.39 is 5.76 Å². The first-order chi connectivity index (χ1) is 13.6. The quantitative estimate of drug-likeness (QED) is 0.503. The Morgan fingerprint density at radius 2 is 1.96 bits per heavy atom. The molecule has 2 aromatic carbocycles. The van der Waals surface area contributed by atoms with Gasteiger partial charge in [-0.25, -0.2) is 4.79 Å². The van der Waals surface area contributed by atoms with Crippen LogP contribution in [0.2, 0.25) is 5.02 Å². The lowest BCUT2D eigenvalue weighted by atomic mass is 10.1. The van der Waals surface area contributed by atoms with E-state index >= 15 is 0 Å². The van der Waals surface area contributed by atoms with Crippen molar-refractivity contribution in [2.24, 2.45) is 0 Å². The Labute approximate surface area is 170 Å². The van der Waals surface area contributed by atoms with E-state index in [-0.39, 0.29) is 24.9 Å². The van der Waals surface area contributed by atoms with Gasteiger partial charge in [-0.1, -0.05) is 48.0 Å². The zero-order valence-corrected chi connectivity index (χ0v) is 16.4. The lowest BCUT2D eigenvalue weighted by Crippen LogP contribution is -2.30. The molecule has 1 amide bonds. The monoisotopic (exact) mass is 412 g/mol. The Balaban J connectivity index is 1.51. The summed E-state index contributed by atoms with van der Waals surface area (Å²) in [7, 11) is 0. The second kappa shape index (κ2) is 8.04. The number of halogens is 1. The minimum Gasteiger partial charge on any atom is -0.408 e. The van der Waals surface area contributed by atoms with Crippen LogP contribution in [-0.4, -0.2) is 10.5 Å². The molecule has 4 rings (SSSR count). The number of aryl methyl sites for hydroxylation is 1. The molecule has 4 aromatic rings. The van der Waals surface area contributed by atoms with Gasteiger partial charge in [-0.2, -0.15) is 0 Å². The predicted octanol–water partition coefficient (Wildman–Crippen LogP) is 4.61. The van der Waals surface area contributed by atoms with Crippen LogP contribution in [0.1, 0.15) is 22.9 Å². The smallest absolute Gasteiger partial charge is 0.408 e. The van der Waals surface area contributed by atoms with Crippen LogP contribution in [0.15, 0.2) is 75.3 Å². The highest BCUT2D eigenvalue weighted by Gasteiger charge is 2.18. The number of carbonyl (C=O) groups is 1. The lowest BCUT2D eigenvalue weighted by Gasteiger charge is -2.18. The Hall–Kier alpha value is -2.83.